The lowest BCUT2D eigenvalue weighted by Crippen LogP contribution is -2.11. The van der Waals surface area contributed by atoms with Gasteiger partial charge < -0.3 is 0 Å². The zero-order valence-corrected chi connectivity index (χ0v) is 11.5. The second kappa shape index (κ2) is 6.00. The van der Waals surface area contributed by atoms with Crippen LogP contribution in [0, 0.1) is 0 Å². The molecular formula is C10H11BrClF3N2. The molecule has 0 radical (unpaired) electrons. The predicted octanol–water partition coefficient (Wildman–Crippen LogP) is 4.34. The molecule has 0 spiro atoms. The number of halogens is 5. The third kappa shape index (κ3) is 4.79. The van der Waals surface area contributed by atoms with E-state index in [1.54, 1.807) is 0 Å². The maximum absolute atomic E-state index is 12.1. The van der Waals surface area contributed by atoms with Crippen molar-refractivity contribution >= 4 is 27.5 Å². The average molecular weight is 332 g/mol. The molecule has 1 rings (SSSR count). The van der Waals surface area contributed by atoms with E-state index in [4.69, 9.17) is 11.6 Å². The topological polar surface area (TPSA) is 25.8 Å². The fraction of sp³-hybridized carbons (Fsp3) is 0.600. The van der Waals surface area contributed by atoms with Gasteiger partial charge in [0.25, 0.3) is 0 Å². The molecule has 0 aromatic carbocycles. The van der Waals surface area contributed by atoms with Crippen LogP contribution in [0.1, 0.15) is 31.3 Å². The molecule has 0 saturated heterocycles. The standard InChI is InChI=1S/C10H11BrClF3N2/c1-2-3-6-8(11)9(12)17-7(16-6)4-5-10(13,14)15/h2-5H2,1H3. The highest BCUT2D eigenvalue weighted by atomic mass is 79.9. The van der Waals surface area contributed by atoms with E-state index in [1.807, 2.05) is 6.92 Å². The van der Waals surface area contributed by atoms with Gasteiger partial charge in [-0.15, -0.1) is 0 Å². The van der Waals surface area contributed by atoms with E-state index >= 15 is 0 Å². The maximum Gasteiger partial charge on any atom is 0.389 e. The van der Waals surface area contributed by atoms with Crippen molar-refractivity contribution in [3.8, 4) is 0 Å². The van der Waals surface area contributed by atoms with Crippen LogP contribution in [0.2, 0.25) is 5.15 Å². The fourth-order valence-corrected chi connectivity index (χ4v) is 1.86. The minimum Gasteiger partial charge on any atom is -0.237 e. The van der Waals surface area contributed by atoms with E-state index in [2.05, 4.69) is 25.9 Å². The quantitative estimate of drug-likeness (QED) is 0.767. The van der Waals surface area contributed by atoms with Gasteiger partial charge in [0.05, 0.1) is 16.6 Å². The Balaban J connectivity index is 2.86. The molecule has 2 nitrogen and oxygen atoms in total. The van der Waals surface area contributed by atoms with Crippen LogP contribution in [0.5, 0.6) is 0 Å². The molecular weight excluding hydrogens is 320 g/mol. The summed E-state index contributed by atoms with van der Waals surface area (Å²) >= 11 is 9.05. The van der Waals surface area contributed by atoms with Crippen LogP contribution < -0.4 is 0 Å². The summed E-state index contributed by atoms with van der Waals surface area (Å²) < 4.78 is 36.8. The Bertz CT molecular complexity index is 396. The highest BCUT2D eigenvalue weighted by Crippen LogP contribution is 2.26. The first-order valence-electron chi connectivity index (χ1n) is 5.11. The van der Waals surface area contributed by atoms with Gasteiger partial charge in [-0.2, -0.15) is 13.2 Å². The molecule has 0 saturated carbocycles. The predicted molar refractivity (Wildman–Crippen MR) is 63.1 cm³/mol. The Morgan fingerprint density at radius 1 is 1.24 bits per heavy atom. The summed E-state index contributed by atoms with van der Waals surface area (Å²) in [4.78, 5) is 7.91. The van der Waals surface area contributed by atoms with Crippen molar-refractivity contribution in [2.75, 3.05) is 0 Å². The molecule has 0 N–H and O–H groups in total. The van der Waals surface area contributed by atoms with Crippen LogP contribution >= 0.6 is 27.5 Å². The van der Waals surface area contributed by atoms with Crippen LogP contribution in [0.4, 0.5) is 13.2 Å². The van der Waals surface area contributed by atoms with Crippen LogP contribution in [0.15, 0.2) is 4.47 Å². The molecule has 0 atom stereocenters. The van der Waals surface area contributed by atoms with Gasteiger partial charge in [0.15, 0.2) is 0 Å². The summed E-state index contributed by atoms with van der Waals surface area (Å²) in [6.07, 6.45) is -3.88. The molecule has 1 aromatic rings. The number of aromatic nitrogens is 2. The molecule has 1 heterocycles. The van der Waals surface area contributed by atoms with Gasteiger partial charge in [-0.05, 0) is 22.4 Å². The van der Waals surface area contributed by atoms with Crippen LogP contribution in [-0.4, -0.2) is 16.1 Å². The Kier molecular flexibility index (Phi) is 5.19. The number of alkyl halides is 3. The molecule has 0 aliphatic rings. The van der Waals surface area contributed by atoms with E-state index in [0.717, 1.165) is 6.42 Å². The van der Waals surface area contributed by atoms with Crippen molar-refractivity contribution in [1.29, 1.82) is 0 Å². The van der Waals surface area contributed by atoms with Crippen molar-refractivity contribution in [2.24, 2.45) is 0 Å². The minimum absolute atomic E-state index is 0.138. The molecule has 0 bridgehead atoms. The lowest BCUT2D eigenvalue weighted by molar-refractivity contribution is -0.134. The smallest absolute Gasteiger partial charge is 0.237 e. The van der Waals surface area contributed by atoms with Crippen LogP contribution in [0.25, 0.3) is 0 Å². The summed E-state index contributed by atoms with van der Waals surface area (Å²) in [6, 6.07) is 0. The van der Waals surface area contributed by atoms with E-state index in [1.165, 1.54) is 0 Å². The molecule has 96 valence electrons. The van der Waals surface area contributed by atoms with Crippen LogP contribution in [-0.2, 0) is 12.8 Å². The summed E-state index contributed by atoms with van der Waals surface area (Å²) in [5, 5.41) is 0.167. The Morgan fingerprint density at radius 2 is 1.88 bits per heavy atom. The van der Waals surface area contributed by atoms with Crippen molar-refractivity contribution in [1.82, 2.24) is 9.97 Å². The van der Waals surface area contributed by atoms with E-state index in [-0.39, 0.29) is 17.4 Å². The molecule has 0 unspecified atom stereocenters. The van der Waals surface area contributed by atoms with Gasteiger partial charge in [-0.3, -0.25) is 0 Å². The largest absolute Gasteiger partial charge is 0.389 e. The lowest BCUT2D eigenvalue weighted by atomic mass is 10.2. The van der Waals surface area contributed by atoms with Gasteiger partial charge in [0.2, 0.25) is 0 Å². The average Bonchev–Trinajstić information content (AvgIpc) is 2.21. The van der Waals surface area contributed by atoms with Crippen molar-refractivity contribution in [3.63, 3.8) is 0 Å². The van der Waals surface area contributed by atoms with E-state index < -0.39 is 12.6 Å². The Labute approximate surface area is 111 Å². The van der Waals surface area contributed by atoms with Crippen LogP contribution in [0.3, 0.4) is 0 Å². The van der Waals surface area contributed by atoms with Gasteiger partial charge in [0.1, 0.15) is 11.0 Å². The fourth-order valence-electron chi connectivity index (χ4n) is 1.28. The number of hydrogen-bond acceptors (Lipinski definition) is 2. The third-order valence-electron chi connectivity index (χ3n) is 2.04. The molecule has 7 heteroatoms. The highest BCUT2D eigenvalue weighted by Gasteiger charge is 2.27. The van der Waals surface area contributed by atoms with Crippen molar-refractivity contribution in [2.45, 2.75) is 38.8 Å². The Hall–Kier alpha value is -0.360. The van der Waals surface area contributed by atoms with Gasteiger partial charge >= 0.3 is 6.18 Å². The summed E-state index contributed by atoms with van der Waals surface area (Å²) in [5.41, 5.74) is 0.657. The number of aryl methyl sites for hydroxylation is 2. The first kappa shape index (κ1) is 14.7. The molecule has 0 aliphatic carbocycles. The van der Waals surface area contributed by atoms with Crippen molar-refractivity contribution in [3.05, 3.63) is 21.1 Å². The summed E-state index contributed by atoms with van der Waals surface area (Å²) in [6.45, 7) is 1.96. The van der Waals surface area contributed by atoms with E-state index in [9.17, 15) is 13.2 Å². The minimum atomic E-state index is -4.20. The summed E-state index contributed by atoms with van der Waals surface area (Å²) in [7, 11) is 0. The number of nitrogens with zero attached hydrogens (tertiary/aromatic N) is 2. The molecule has 0 aliphatic heterocycles. The van der Waals surface area contributed by atoms with Gasteiger partial charge in [-0.1, -0.05) is 24.9 Å². The summed E-state index contributed by atoms with van der Waals surface area (Å²) in [5.74, 6) is 0.138. The number of hydrogen-bond donors (Lipinski definition) is 0. The monoisotopic (exact) mass is 330 g/mol. The second-order valence-electron chi connectivity index (χ2n) is 3.56. The molecule has 0 amide bonds. The van der Waals surface area contributed by atoms with Gasteiger partial charge in [0, 0.05) is 6.42 Å². The third-order valence-corrected chi connectivity index (χ3v) is 3.38. The normalized spacial score (nSPS) is 11.9. The molecule has 17 heavy (non-hydrogen) atoms. The van der Waals surface area contributed by atoms with E-state index in [0.29, 0.717) is 16.6 Å². The first-order chi connectivity index (χ1) is 7.83. The zero-order chi connectivity index (χ0) is 13.1. The Morgan fingerprint density at radius 3 is 2.41 bits per heavy atom. The maximum atomic E-state index is 12.1. The lowest BCUT2D eigenvalue weighted by Gasteiger charge is -2.08. The SMILES string of the molecule is CCCc1nc(CCC(F)(F)F)nc(Cl)c1Br. The molecule has 0 fully saturated rings. The van der Waals surface area contributed by atoms with Crippen molar-refractivity contribution < 1.29 is 13.2 Å². The zero-order valence-electron chi connectivity index (χ0n) is 9.11. The number of rotatable bonds is 4. The van der Waals surface area contributed by atoms with Gasteiger partial charge in [-0.25, -0.2) is 9.97 Å². The molecule has 1 aromatic heterocycles. The highest BCUT2D eigenvalue weighted by molar-refractivity contribution is 9.10. The second-order valence-corrected chi connectivity index (χ2v) is 4.71. The first-order valence-corrected chi connectivity index (χ1v) is 6.28.